The normalized spacial score (nSPS) is 22.0. The average molecular weight is 401 g/mol. The molecule has 28 heavy (non-hydrogen) atoms. The second-order valence-corrected chi connectivity index (χ2v) is 8.73. The molecule has 2 aliphatic heterocycles. The molecular formula is C22H29ClN4O. The van der Waals surface area contributed by atoms with Crippen molar-refractivity contribution in [3.05, 3.63) is 46.6 Å². The number of nitrogens with zero attached hydrogens (tertiary/aromatic N) is 4. The lowest BCUT2D eigenvalue weighted by Gasteiger charge is -2.41. The Balaban J connectivity index is 1.39. The van der Waals surface area contributed by atoms with E-state index in [4.69, 9.17) is 21.4 Å². The van der Waals surface area contributed by atoms with Crippen LogP contribution in [0.15, 0.2) is 30.3 Å². The third-order valence-electron chi connectivity index (χ3n) is 6.76. The van der Waals surface area contributed by atoms with Crippen LogP contribution in [-0.2, 0) is 16.7 Å². The topological polar surface area (TPSA) is 33.5 Å². The molecule has 5 rings (SSSR count). The van der Waals surface area contributed by atoms with Gasteiger partial charge in [0.15, 0.2) is 0 Å². The van der Waals surface area contributed by atoms with Gasteiger partial charge in [-0.1, -0.05) is 36.2 Å². The molecule has 1 saturated carbocycles. The third-order valence-corrected chi connectivity index (χ3v) is 7.09. The van der Waals surface area contributed by atoms with Crippen LogP contribution in [0.4, 0.5) is 5.82 Å². The summed E-state index contributed by atoms with van der Waals surface area (Å²) < 4.78 is 7.71. The first kappa shape index (κ1) is 18.5. The molecule has 3 heterocycles. The number of benzene rings is 1. The Labute approximate surface area is 172 Å². The van der Waals surface area contributed by atoms with Gasteiger partial charge >= 0.3 is 0 Å². The molecule has 0 bridgehead atoms. The number of anilines is 1. The van der Waals surface area contributed by atoms with Crippen LogP contribution in [0, 0.1) is 0 Å². The minimum atomic E-state index is -0.00143. The van der Waals surface area contributed by atoms with Crippen molar-refractivity contribution < 1.29 is 4.74 Å². The van der Waals surface area contributed by atoms with Gasteiger partial charge in [-0.2, -0.15) is 5.10 Å². The van der Waals surface area contributed by atoms with Crippen LogP contribution in [0.2, 0.25) is 5.02 Å². The van der Waals surface area contributed by atoms with E-state index in [0.717, 1.165) is 76.8 Å². The Morgan fingerprint density at radius 2 is 1.82 bits per heavy atom. The van der Waals surface area contributed by atoms with Crippen LogP contribution in [-0.4, -0.2) is 60.6 Å². The lowest BCUT2D eigenvalue weighted by Crippen LogP contribution is -2.43. The van der Waals surface area contributed by atoms with Crippen molar-refractivity contribution in [2.45, 2.75) is 37.6 Å². The SMILES string of the molecule is Clc1ccccc1C1(c2cc3n(n2)CCCN3CCN2CCOCC2)CCC1. The Bertz CT molecular complexity index is 826. The summed E-state index contributed by atoms with van der Waals surface area (Å²) in [6, 6.07) is 10.7. The van der Waals surface area contributed by atoms with Gasteiger partial charge in [-0.05, 0) is 30.9 Å². The molecule has 6 heteroatoms. The van der Waals surface area contributed by atoms with E-state index in [9.17, 15) is 0 Å². The van der Waals surface area contributed by atoms with Gasteiger partial charge in [0.2, 0.25) is 0 Å². The Kier molecular flexibility index (Phi) is 5.07. The van der Waals surface area contributed by atoms with Gasteiger partial charge in [-0.25, -0.2) is 4.68 Å². The monoisotopic (exact) mass is 400 g/mol. The zero-order valence-corrected chi connectivity index (χ0v) is 17.2. The lowest BCUT2D eigenvalue weighted by molar-refractivity contribution is 0.0391. The molecule has 1 saturated heterocycles. The van der Waals surface area contributed by atoms with E-state index in [0.29, 0.717) is 0 Å². The molecule has 0 spiro atoms. The molecule has 0 N–H and O–H groups in total. The van der Waals surface area contributed by atoms with E-state index in [1.54, 1.807) is 0 Å². The minimum absolute atomic E-state index is 0.00143. The van der Waals surface area contributed by atoms with E-state index in [-0.39, 0.29) is 5.41 Å². The molecule has 0 amide bonds. The van der Waals surface area contributed by atoms with Crippen LogP contribution in [0.3, 0.4) is 0 Å². The van der Waals surface area contributed by atoms with Crippen LogP contribution in [0.5, 0.6) is 0 Å². The summed E-state index contributed by atoms with van der Waals surface area (Å²) in [7, 11) is 0. The van der Waals surface area contributed by atoms with Gasteiger partial charge in [0.1, 0.15) is 5.82 Å². The molecule has 5 nitrogen and oxygen atoms in total. The Morgan fingerprint density at radius 1 is 1.00 bits per heavy atom. The first-order valence-corrected chi connectivity index (χ1v) is 11.0. The summed E-state index contributed by atoms with van der Waals surface area (Å²) in [6.45, 7) is 8.12. The maximum absolute atomic E-state index is 6.60. The number of ether oxygens (including phenoxy) is 1. The molecule has 0 unspecified atom stereocenters. The van der Waals surface area contributed by atoms with E-state index in [2.05, 4.69) is 32.7 Å². The summed E-state index contributed by atoms with van der Waals surface area (Å²) in [5.41, 5.74) is 2.46. The molecule has 1 aromatic heterocycles. The largest absolute Gasteiger partial charge is 0.379 e. The van der Waals surface area contributed by atoms with E-state index in [1.807, 2.05) is 12.1 Å². The molecule has 3 aliphatic rings. The van der Waals surface area contributed by atoms with Crippen molar-refractivity contribution in [3.8, 4) is 0 Å². The first-order valence-electron chi connectivity index (χ1n) is 10.6. The molecule has 150 valence electrons. The van der Waals surface area contributed by atoms with Gasteiger partial charge in [-0.3, -0.25) is 4.90 Å². The summed E-state index contributed by atoms with van der Waals surface area (Å²) in [5.74, 6) is 1.29. The van der Waals surface area contributed by atoms with Gasteiger partial charge < -0.3 is 9.64 Å². The summed E-state index contributed by atoms with van der Waals surface area (Å²) in [4.78, 5) is 5.03. The van der Waals surface area contributed by atoms with E-state index in [1.165, 1.54) is 23.5 Å². The number of aryl methyl sites for hydroxylation is 1. The summed E-state index contributed by atoms with van der Waals surface area (Å²) in [5, 5.41) is 5.96. The standard InChI is InChI=1S/C22H29ClN4O/c23-19-6-2-1-5-18(19)22(7-3-8-22)20-17-21-26(9-4-10-27(21)24-20)12-11-25-13-15-28-16-14-25/h1-2,5-6,17H,3-4,7-16H2. The minimum Gasteiger partial charge on any atom is -0.379 e. The second kappa shape index (κ2) is 7.69. The first-order chi connectivity index (χ1) is 13.8. The summed E-state index contributed by atoms with van der Waals surface area (Å²) >= 11 is 6.60. The number of hydrogen-bond donors (Lipinski definition) is 0. The number of fused-ring (bicyclic) bond motifs is 1. The quantitative estimate of drug-likeness (QED) is 0.768. The average Bonchev–Trinajstić information content (AvgIpc) is 3.12. The maximum atomic E-state index is 6.60. The maximum Gasteiger partial charge on any atom is 0.127 e. The molecule has 0 atom stereocenters. The fourth-order valence-corrected chi connectivity index (χ4v) is 5.26. The van der Waals surface area contributed by atoms with Gasteiger partial charge in [0.05, 0.1) is 18.9 Å². The van der Waals surface area contributed by atoms with E-state index < -0.39 is 0 Å². The smallest absolute Gasteiger partial charge is 0.127 e. The number of aromatic nitrogens is 2. The van der Waals surface area contributed by atoms with Crippen molar-refractivity contribution in [3.63, 3.8) is 0 Å². The third kappa shape index (κ3) is 3.23. The van der Waals surface area contributed by atoms with Crippen LogP contribution >= 0.6 is 11.6 Å². The van der Waals surface area contributed by atoms with Crippen molar-refractivity contribution in [2.75, 3.05) is 50.8 Å². The fourth-order valence-electron chi connectivity index (χ4n) is 4.94. The lowest BCUT2D eigenvalue weighted by atomic mass is 9.62. The molecular weight excluding hydrogens is 372 g/mol. The zero-order valence-electron chi connectivity index (χ0n) is 16.4. The van der Waals surface area contributed by atoms with Crippen molar-refractivity contribution in [1.29, 1.82) is 0 Å². The number of hydrogen-bond acceptors (Lipinski definition) is 4. The van der Waals surface area contributed by atoms with Crippen LogP contribution in [0.1, 0.15) is 36.9 Å². The molecule has 1 aromatic carbocycles. The highest BCUT2D eigenvalue weighted by atomic mass is 35.5. The highest BCUT2D eigenvalue weighted by Crippen LogP contribution is 2.51. The predicted octanol–water partition coefficient (Wildman–Crippen LogP) is 3.55. The van der Waals surface area contributed by atoms with Crippen molar-refractivity contribution >= 4 is 17.4 Å². The number of morpholine rings is 1. The summed E-state index contributed by atoms with van der Waals surface area (Å²) in [6.07, 6.45) is 4.69. The number of rotatable bonds is 5. The highest BCUT2D eigenvalue weighted by molar-refractivity contribution is 6.31. The fraction of sp³-hybridized carbons (Fsp3) is 0.591. The highest BCUT2D eigenvalue weighted by Gasteiger charge is 2.44. The van der Waals surface area contributed by atoms with E-state index >= 15 is 0 Å². The Hall–Kier alpha value is -1.56. The molecule has 2 aromatic rings. The second-order valence-electron chi connectivity index (χ2n) is 8.32. The molecule has 1 aliphatic carbocycles. The van der Waals surface area contributed by atoms with Crippen molar-refractivity contribution in [2.24, 2.45) is 0 Å². The zero-order chi connectivity index (χ0) is 19.0. The van der Waals surface area contributed by atoms with Gasteiger partial charge in [0, 0.05) is 55.8 Å². The molecule has 2 fully saturated rings. The van der Waals surface area contributed by atoms with Gasteiger partial charge in [0.25, 0.3) is 0 Å². The number of halogens is 1. The molecule has 0 radical (unpaired) electrons. The predicted molar refractivity (Wildman–Crippen MR) is 112 cm³/mol. The van der Waals surface area contributed by atoms with Crippen LogP contribution in [0.25, 0.3) is 0 Å². The van der Waals surface area contributed by atoms with Crippen LogP contribution < -0.4 is 4.90 Å². The van der Waals surface area contributed by atoms with Crippen molar-refractivity contribution in [1.82, 2.24) is 14.7 Å². The van der Waals surface area contributed by atoms with Gasteiger partial charge in [-0.15, -0.1) is 0 Å². The Morgan fingerprint density at radius 3 is 2.57 bits per heavy atom.